The molecule has 134 valence electrons. The van der Waals surface area contributed by atoms with Crippen molar-refractivity contribution >= 4 is 22.4 Å². The number of hydrogen-bond donors (Lipinski definition) is 0. The van der Waals surface area contributed by atoms with Crippen molar-refractivity contribution in [3.05, 3.63) is 24.5 Å². The van der Waals surface area contributed by atoms with Crippen molar-refractivity contribution in [1.29, 1.82) is 0 Å². The number of ether oxygens (including phenoxy) is 1. The van der Waals surface area contributed by atoms with Crippen molar-refractivity contribution in [2.45, 2.75) is 38.5 Å². The highest BCUT2D eigenvalue weighted by molar-refractivity contribution is 7.18. The van der Waals surface area contributed by atoms with Crippen LogP contribution in [-0.2, 0) is 9.53 Å². The molecule has 0 spiro atoms. The lowest BCUT2D eigenvalue weighted by molar-refractivity contribution is -0.119. The first kappa shape index (κ1) is 17.9. The summed E-state index contributed by atoms with van der Waals surface area (Å²) in [7, 11) is 1.64. The zero-order valence-electron chi connectivity index (χ0n) is 14.6. The third-order valence-corrected chi connectivity index (χ3v) is 5.61. The molecular weight excluding hydrogens is 336 g/mol. The summed E-state index contributed by atoms with van der Waals surface area (Å²) in [4.78, 5) is 18.6. The number of carbonyl (C=O) groups is 1. The first-order chi connectivity index (χ1) is 12.3. The molecule has 3 rings (SSSR count). The van der Waals surface area contributed by atoms with Crippen molar-refractivity contribution in [3.63, 3.8) is 0 Å². The molecule has 1 amide bonds. The quantitative estimate of drug-likeness (QED) is 0.720. The van der Waals surface area contributed by atoms with Crippen LogP contribution in [0.15, 0.2) is 24.5 Å². The molecule has 0 aliphatic heterocycles. The predicted molar refractivity (Wildman–Crippen MR) is 98.6 cm³/mol. The standard InChI is InChI=1S/C18H24N4O2S/c1-24-12-11-22(16(23)9-8-14-5-2-3-6-14)18-21-20-17(25-18)15-7-4-10-19-13-15/h4,7,10,13-14H,2-3,5-6,8-9,11-12H2,1H3. The van der Waals surface area contributed by atoms with Gasteiger partial charge in [-0.05, 0) is 24.5 Å². The van der Waals surface area contributed by atoms with E-state index in [1.54, 1.807) is 24.4 Å². The molecule has 6 nitrogen and oxygen atoms in total. The van der Waals surface area contributed by atoms with E-state index >= 15 is 0 Å². The second kappa shape index (κ2) is 9.01. The van der Waals surface area contributed by atoms with Gasteiger partial charge in [-0.3, -0.25) is 14.7 Å². The molecule has 2 aromatic rings. The summed E-state index contributed by atoms with van der Waals surface area (Å²) in [6, 6.07) is 3.81. The van der Waals surface area contributed by atoms with E-state index in [0.29, 0.717) is 30.6 Å². The lowest BCUT2D eigenvalue weighted by atomic mass is 10.0. The molecule has 0 aromatic carbocycles. The zero-order chi connectivity index (χ0) is 17.5. The third kappa shape index (κ3) is 4.83. The van der Waals surface area contributed by atoms with E-state index in [2.05, 4.69) is 15.2 Å². The Morgan fingerprint density at radius 3 is 2.92 bits per heavy atom. The summed E-state index contributed by atoms with van der Waals surface area (Å²) in [5.41, 5.74) is 0.913. The summed E-state index contributed by atoms with van der Waals surface area (Å²) < 4.78 is 5.17. The highest BCUT2D eigenvalue weighted by Crippen LogP contribution is 2.31. The largest absolute Gasteiger partial charge is 0.383 e. The van der Waals surface area contributed by atoms with Crippen LogP contribution in [0.1, 0.15) is 38.5 Å². The molecule has 25 heavy (non-hydrogen) atoms. The molecule has 0 N–H and O–H groups in total. The topological polar surface area (TPSA) is 68.2 Å². The molecule has 2 aromatic heterocycles. The maximum Gasteiger partial charge on any atom is 0.228 e. The fraction of sp³-hybridized carbons (Fsp3) is 0.556. The number of anilines is 1. The van der Waals surface area contributed by atoms with Crippen molar-refractivity contribution in [2.24, 2.45) is 5.92 Å². The summed E-state index contributed by atoms with van der Waals surface area (Å²) in [6.45, 7) is 0.985. The number of pyridine rings is 1. The van der Waals surface area contributed by atoms with E-state index < -0.39 is 0 Å². The van der Waals surface area contributed by atoms with Crippen LogP contribution in [0, 0.1) is 5.92 Å². The average molecular weight is 360 g/mol. The second-order valence-corrected chi connectivity index (χ2v) is 7.31. The Morgan fingerprint density at radius 2 is 2.20 bits per heavy atom. The lowest BCUT2D eigenvalue weighted by Gasteiger charge is -2.19. The molecule has 1 fully saturated rings. The Bertz CT molecular complexity index is 671. The number of hydrogen-bond acceptors (Lipinski definition) is 6. The fourth-order valence-corrected chi connectivity index (χ4v) is 4.08. The maximum atomic E-state index is 12.7. The van der Waals surface area contributed by atoms with E-state index in [1.165, 1.54) is 37.0 Å². The fourth-order valence-electron chi connectivity index (χ4n) is 3.20. The van der Waals surface area contributed by atoms with Gasteiger partial charge in [0, 0.05) is 31.5 Å². The average Bonchev–Trinajstić information content (AvgIpc) is 3.33. The summed E-state index contributed by atoms with van der Waals surface area (Å²) in [6.07, 6.45) is 10.1. The van der Waals surface area contributed by atoms with Crippen LogP contribution in [0.5, 0.6) is 0 Å². The van der Waals surface area contributed by atoms with Crippen molar-refractivity contribution in [3.8, 4) is 10.6 Å². The van der Waals surface area contributed by atoms with Crippen LogP contribution in [0.4, 0.5) is 5.13 Å². The van der Waals surface area contributed by atoms with Gasteiger partial charge in [0.1, 0.15) is 0 Å². The molecule has 1 aliphatic carbocycles. The van der Waals surface area contributed by atoms with Crippen LogP contribution in [0.3, 0.4) is 0 Å². The molecule has 0 bridgehead atoms. The first-order valence-electron chi connectivity index (χ1n) is 8.81. The van der Waals surface area contributed by atoms with Crippen molar-refractivity contribution in [1.82, 2.24) is 15.2 Å². The zero-order valence-corrected chi connectivity index (χ0v) is 15.4. The number of methoxy groups -OCH3 is 1. The highest BCUT2D eigenvalue weighted by Gasteiger charge is 2.22. The van der Waals surface area contributed by atoms with Crippen LogP contribution >= 0.6 is 11.3 Å². The van der Waals surface area contributed by atoms with Gasteiger partial charge in [-0.1, -0.05) is 37.0 Å². The van der Waals surface area contributed by atoms with E-state index in [1.807, 2.05) is 12.1 Å². The molecule has 1 aliphatic rings. The molecular formula is C18H24N4O2S. The lowest BCUT2D eigenvalue weighted by Crippen LogP contribution is -2.34. The first-order valence-corrected chi connectivity index (χ1v) is 9.63. The van der Waals surface area contributed by atoms with Gasteiger partial charge in [0.25, 0.3) is 0 Å². The number of rotatable bonds is 8. The van der Waals surface area contributed by atoms with Gasteiger partial charge in [0.05, 0.1) is 13.2 Å². The number of aromatic nitrogens is 3. The van der Waals surface area contributed by atoms with Crippen LogP contribution in [0.2, 0.25) is 0 Å². The van der Waals surface area contributed by atoms with Crippen LogP contribution in [0.25, 0.3) is 10.6 Å². The summed E-state index contributed by atoms with van der Waals surface area (Å²) >= 11 is 1.42. The van der Waals surface area contributed by atoms with Gasteiger partial charge in [-0.15, -0.1) is 10.2 Å². The molecule has 7 heteroatoms. The van der Waals surface area contributed by atoms with Crippen LogP contribution in [-0.4, -0.2) is 41.3 Å². The molecule has 2 heterocycles. The van der Waals surface area contributed by atoms with Gasteiger partial charge in [-0.25, -0.2) is 0 Å². The van der Waals surface area contributed by atoms with E-state index in [9.17, 15) is 4.79 Å². The summed E-state index contributed by atoms with van der Waals surface area (Å²) in [5, 5.41) is 9.87. The SMILES string of the molecule is COCCN(C(=O)CCC1CCCC1)c1nnc(-c2cccnc2)s1. The van der Waals surface area contributed by atoms with E-state index in [4.69, 9.17) is 4.74 Å². The Kier molecular flexibility index (Phi) is 6.47. The normalized spacial score (nSPS) is 14.8. The molecule has 0 saturated heterocycles. The predicted octanol–water partition coefficient (Wildman–Crippen LogP) is 3.55. The summed E-state index contributed by atoms with van der Waals surface area (Å²) in [5.74, 6) is 0.812. The number of amides is 1. The molecule has 1 saturated carbocycles. The minimum atomic E-state index is 0.109. The molecule has 0 radical (unpaired) electrons. The highest BCUT2D eigenvalue weighted by atomic mass is 32.1. The number of carbonyl (C=O) groups excluding carboxylic acids is 1. The van der Waals surface area contributed by atoms with Crippen molar-refractivity contribution in [2.75, 3.05) is 25.2 Å². The third-order valence-electron chi connectivity index (χ3n) is 4.61. The Morgan fingerprint density at radius 1 is 1.36 bits per heavy atom. The Balaban J connectivity index is 1.69. The monoisotopic (exact) mass is 360 g/mol. The van der Waals surface area contributed by atoms with Crippen LogP contribution < -0.4 is 4.90 Å². The minimum Gasteiger partial charge on any atom is -0.383 e. The Hall–Kier alpha value is -1.86. The van der Waals surface area contributed by atoms with Gasteiger partial charge in [0.2, 0.25) is 11.0 Å². The smallest absolute Gasteiger partial charge is 0.228 e. The van der Waals surface area contributed by atoms with E-state index in [0.717, 1.165) is 17.0 Å². The van der Waals surface area contributed by atoms with E-state index in [-0.39, 0.29) is 5.91 Å². The van der Waals surface area contributed by atoms with Gasteiger partial charge >= 0.3 is 0 Å². The number of nitrogens with zero attached hydrogens (tertiary/aromatic N) is 4. The van der Waals surface area contributed by atoms with Crippen molar-refractivity contribution < 1.29 is 9.53 Å². The minimum absolute atomic E-state index is 0.109. The van der Waals surface area contributed by atoms with Gasteiger partial charge < -0.3 is 4.74 Å². The maximum absolute atomic E-state index is 12.7. The Labute approximate surface area is 152 Å². The second-order valence-electron chi connectivity index (χ2n) is 6.36. The van der Waals surface area contributed by atoms with Gasteiger partial charge in [0.15, 0.2) is 5.01 Å². The molecule has 0 unspecified atom stereocenters. The van der Waals surface area contributed by atoms with Gasteiger partial charge in [-0.2, -0.15) is 0 Å². The molecule has 0 atom stereocenters.